The zero-order chi connectivity index (χ0) is 21.0. The number of benzene rings is 2. The summed E-state index contributed by atoms with van der Waals surface area (Å²) in [4.78, 5) is 24.4. The molecule has 0 saturated carbocycles. The van der Waals surface area contributed by atoms with Crippen LogP contribution in [0.5, 0.6) is 11.6 Å². The Morgan fingerprint density at radius 1 is 1.17 bits per heavy atom. The summed E-state index contributed by atoms with van der Waals surface area (Å²) in [6.45, 7) is 1.54. The fourth-order valence-electron chi connectivity index (χ4n) is 2.45. The lowest BCUT2D eigenvalue weighted by atomic mass is 10.3. The van der Waals surface area contributed by atoms with E-state index in [1.807, 2.05) is 0 Å². The van der Waals surface area contributed by atoms with E-state index in [0.29, 0.717) is 22.1 Å². The number of carbonyl (C=O) groups is 1. The highest BCUT2D eigenvalue weighted by atomic mass is 35.5. The van der Waals surface area contributed by atoms with Crippen molar-refractivity contribution in [3.8, 4) is 17.3 Å². The number of rotatable bonds is 6. The molecule has 29 heavy (non-hydrogen) atoms. The Balaban J connectivity index is 1.73. The van der Waals surface area contributed by atoms with E-state index in [1.165, 1.54) is 50.4 Å². The Kier molecular flexibility index (Phi) is 6.13. The molecule has 0 saturated heterocycles. The summed E-state index contributed by atoms with van der Waals surface area (Å²) in [7, 11) is 1.49. The minimum atomic E-state index is -0.914. The molecule has 1 amide bonds. The SMILES string of the molecule is COc1ccc(NC(=O)[C@@H](C)Oc2ccc(=O)n(-c3ccc(F)cc3)n2)cc1Cl. The third kappa shape index (κ3) is 4.91. The molecule has 3 rings (SSSR count). The van der Waals surface area contributed by atoms with Crippen LogP contribution < -0.4 is 20.3 Å². The van der Waals surface area contributed by atoms with E-state index < -0.39 is 23.4 Å². The lowest BCUT2D eigenvalue weighted by Crippen LogP contribution is -2.31. The van der Waals surface area contributed by atoms with Gasteiger partial charge in [-0.3, -0.25) is 9.59 Å². The van der Waals surface area contributed by atoms with Gasteiger partial charge >= 0.3 is 0 Å². The Bertz CT molecular complexity index is 1090. The largest absolute Gasteiger partial charge is 0.495 e. The number of hydrogen-bond acceptors (Lipinski definition) is 5. The number of anilines is 1. The molecule has 2 aromatic carbocycles. The summed E-state index contributed by atoms with van der Waals surface area (Å²) in [5.74, 6) is -0.323. The molecule has 9 heteroatoms. The van der Waals surface area contributed by atoms with Gasteiger partial charge in [0.25, 0.3) is 11.5 Å². The summed E-state index contributed by atoms with van der Waals surface area (Å²) in [6.07, 6.45) is -0.914. The topological polar surface area (TPSA) is 82.5 Å². The van der Waals surface area contributed by atoms with Gasteiger partial charge in [0.1, 0.15) is 11.6 Å². The number of methoxy groups -OCH3 is 1. The van der Waals surface area contributed by atoms with Gasteiger partial charge < -0.3 is 14.8 Å². The molecule has 1 heterocycles. The predicted octanol–water partition coefficient (Wildman–Crippen LogP) is 3.44. The van der Waals surface area contributed by atoms with Crippen LogP contribution in [0, 0.1) is 5.82 Å². The Morgan fingerprint density at radius 2 is 1.90 bits per heavy atom. The van der Waals surface area contributed by atoms with Crippen molar-refractivity contribution in [1.82, 2.24) is 9.78 Å². The number of nitrogens with zero attached hydrogens (tertiary/aromatic N) is 2. The van der Waals surface area contributed by atoms with Gasteiger partial charge in [0.15, 0.2) is 6.10 Å². The number of nitrogens with one attached hydrogen (secondary N) is 1. The molecule has 0 spiro atoms. The van der Waals surface area contributed by atoms with Crippen molar-refractivity contribution in [3.63, 3.8) is 0 Å². The second kappa shape index (κ2) is 8.74. The number of amides is 1. The van der Waals surface area contributed by atoms with Gasteiger partial charge in [0.2, 0.25) is 5.88 Å². The molecule has 3 aromatic rings. The first kappa shape index (κ1) is 20.3. The molecule has 0 radical (unpaired) electrons. The number of halogens is 2. The summed E-state index contributed by atoms with van der Waals surface area (Å²) in [6, 6.07) is 12.7. The van der Waals surface area contributed by atoms with Crippen LogP contribution in [0.15, 0.2) is 59.4 Å². The molecule has 0 bridgehead atoms. The zero-order valence-electron chi connectivity index (χ0n) is 15.6. The van der Waals surface area contributed by atoms with Gasteiger partial charge in [-0.25, -0.2) is 4.39 Å². The quantitative estimate of drug-likeness (QED) is 0.664. The van der Waals surface area contributed by atoms with Crippen LogP contribution in [0.2, 0.25) is 5.02 Å². The van der Waals surface area contributed by atoms with E-state index in [1.54, 1.807) is 18.2 Å². The van der Waals surface area contributed by atoms with Gasteiger partial charge in [0, 0.05) is 17.8 Å². The molecule has 1 atom stereocenters. The van der Waals surface area contributed by atoms with Crippen molar-refractivity contribution >= 4 is 23.2 Å². The first-order valence-corrected chi connectivity index (χ1v) is 8.92. The minimum absolute atomic E-state index is 0.0596. The lowest BCUT2D eigenvalue weighted by molar-refractivity contribution is -0.122. The van der Waals surface area contributed by atoms with Crippen LogP contribution in [0.1, 0.15) is 6.92 Å². The summed E-state index contributed by atoms with van der Waals surface area (Å²) in [5, 5.41) is 7.11. The molecule has 7 nitrogen and oxygen atoms in total. The third-order valence-corrected chi connectivity index (χ3v) is 4.23. The monoisotopic (exact) mass is 417 g/mol. The smallest absolute Gasteiger partial charge is 0.271 e. The van der Waals surface area contributed by atoms with Crippen LogP contribution >= 0.6 is 11.6 Å². The molecule has 0 aliphatic carbocycles. The van der Waals surface area contributed by atoms with E-state index >= 15 is 0 Å². The standard InChI is InChI=1S/C20H17ClFN3O4/c1-12(20(27)23-14-5-8-17(28-2)16(21)11-14)29-18-9-10-19(26)25(24-18)15-6-3-13(22)4-7-15/h3-12H,1-2H3,(H,23,27)/t12-/m1/s1. The predicted molar refractivity (Wildman–Crippen MR) is 107 cm³/mol. The van der Waals surface area contributed by atoms with Crippen LogP contribution in [0.25, 0.3) is 5.69 Å². The average Bonchev–Trinajstić information content (AvgIpc) is 2.70. The van der Waals surface area contributed by atoms with Crippen LogP contribution in [0.3, 0.4) is 0 Å². The van der Waals surface area contributed by atoms with Crippen LogP contribution in [-0.4, -0.2) is 28.9 Å². The second-order valence-corrected chi connectivity index (χ2v) is 6.40. The lowest BCUT2D eigenvalue weighted by Gasteiger charge is -2.15. The molecule has 1 aromatic heterocycles. The van der Waals surface area contributed by atoms with E-state index in [9.17, 15) is 14.0 Å². The maximum absolute atomic E-state index is 13.1. The normalized spacial score (nSPS) is 11.6. The molecule has 0 aliphatic rings. The maximum atomic E-state index is 13.1. The van der Waals surface area contributed by atoms with Crippen molar-refractivity contribution in [2.75, 3.05) is 12.4 Å². The zero-order valence-corrected chi connectivity index (χ0v) is 16.3. The van der Waals surface area contributed by atoms with Crippen molar-refractivity contribution in [2.45, 2.75) is 13.0 Å². The molecule has 0 fully saturated rings. The molecule has 0 unspecified atom stereocenters. The fourth-order valence-corrected chi connectivity index (χ4v) is 2.70. The number of ether oxygens (including phenoxy) is 2. The van der Waals surface area contributed by atoms with Gasteiger partial charge in [0.05, 0.1) is 17.8 Å². The fraction of sp³-hybridized carbons (Fsp3) is 0.150. The minimum Gasteiger partial charge on any atom is -0.495 e. The molecule has 0 aliphatic heterocycles. The summed E-state index contributed by atoms with van der Waals surface area (Å²) in [5.41, 5.74) is 0.418. The number of aromatic nitrogens is 2. The van der Waals surface area contributed by atoms with E-state index in [2.05, 4.69) is 10.4 Å². The Hall–Kier alpha value is -3.39. The number of hydrogen-bond donors (Lipinski definition) is 1. The van der Waals surface area contributed by atoms with E-state index in [0.717, 1.165) is 4.68 Å². The maximum Gasteiger partial charge on any atom is 0.271 e. The summed E-state index contributed by atoms with van der Waals surface area (Å²) >= 11 is 6.05. The first-order valence-electron chi connectivity index (χ1n) is 8.55. The highest BCUT2D eigenvalue weighted by Gasteiger charge is 2.17. The first-order chi connectivity index (χ1) is 13.9. The Morgan fingerprint density at radius 3 is 2.55 bits per heavy atom. The highest BCUT2D eigenvalue weighted by Crippen LogP contribution is 2.27. The van der Waals surface area contributed by atoms with Crippen LogP contribution in [-0.2, 0) is 4.79 Å². The summed E-state index contributed by atoms with van der Waals surface area (Å²) < 4.78 is 24.8. The van der Waals surface area contributed by atoms with E-state index in [4.69, 9.17) is 21.1 Å². The molecular formula is C20H17ClFN3O4. The van der Waals surface area contributed by atoms with Gasteiger partial charge in [-0.2, -0.15) is 4.68 Å². The third-order valence-electron chi connectivity index (χ3n) is 3.93. The van der Waals surface area contributed by atoms with E-state index in [-0.39, 0.29) is 5.88 Å². The molecule has 150 valence electrons. The van der Waals surface area contributed by atoms with Gasteiger partial charge in [-0.1, -0.05) is 11.6 Å². The van der Waals surface area contributed by atoms with Gasteiger partial charge in [-0.05, 0) is 49.4 Å². The van der Waals surface area contributed by atoms with Crippen molar-refractivity contribution in [1.29, 1.82) is 0 Å². The second-order valence-electron chi connectivity index (χ2n) is 6.00. The van der Waals surface area contributed by atoms with Crippen molar-refractivity contribution in [3.05, 3.63) is 75.8 Å². The van der Waals surface area contributed by atoms with Crippen molar-refractivity contribution < 1.29 is 18.7 Å². The average molecular weight is 418 g/mol. The van der Waals surface area contributed by atoms with Crippen LogP contribution in [0.4, 0.5) is 10.1 Å². The molecular weight excluding hydrogens is 401 g/mol. The Labute approximate surface area is 170 Å². The van der Waals surface area contributed by atoms with Gasteiger partial charge in [-0.15, -0.1) is 5.10 Å². The number of carbonyl (C=O) groups excluding carboxylic acids is 1. The highest BCUT2D eigenvalue weighted by molar-refractivity contribution is 6.32. The molecule has 1 N–H and O–H groups in total. The van der Waals surface area contributed by atoms with Crippen molar-refractivity contribution in [2.24, 2.45) is 0 Å².